The van der Waals surface area contributed by atoms with Crippen LogP contribution in [-0.4, -0.2) is 4.98 Å². The third-order valence-electron chi connectivity index (χ3n) is 2.13. The van der Waals surface area contributed by atoms with Gasteiger partial charge in [-0.1, -0.05) is 35.3 Å². The van der Waals surface area contributed by atoms with Crippen molar-refractivity contribution in [2.45, 2.75) is 6.61 Å². The van der Waals surface area contributed by atoms with Gasteiger partial charge in [0.25, 0.3) is 0 Å². The van der Waals surface area contributed by atoms with Crippen LogP contribution in [0.2, 0.25) is 10.0 Å². The monoisotopic (exact) mass is 268 g/mol. The number of nitrogens with two attached hydrogens (primary N) is 1. The van der Waals surface area contributed by atoms with Crippen LogP contribution in [-0.2, 0) is 6.61 Å². The molecule has 0 aliphatic carbocycles. The zero-order valence-electron chi connectivity index (χ0n) is 8.86. The number of rotatable bonds is 3. The van der Waals surface area contributed by atoms with E-state index in [9.17, 15) is 0 Å². The number of nitrogens with zero attached hydrogens (tertiary/aromatic N) is 1. The molecule has 0 saturated carbocycles. The molecular formula is C12H10Cl2N2O. The Morgan fingerprint density at radius 2 is 1.82 bits per heavy atom. The van der Waals surface area contributed by atoms with Gasteiger partial charge in [0.1, 0.15) is 6.61 Å². The van der Waals surface area contributed by atoms with Gasteiger partial charge in [-0.15, -0.1) is 0 Å². The molecule has 0 atom stereocenters. The van der Waals surface area contributed by atoms with Crippen molar-refractivity contribution in [1.82, 2.24) is 4.98 Å². The first-order chi connectivity index (χ1) is 8.15. The predicted octanol–water partition coefficient (Wildman–Crippen LogP) is 3.55. The molecule has 1 aromatic carbocycles. The van der Waals surface area contributed by atoms with Crippen LogP contribution >= 0.6 is 23.2 Å². The summed E-state index contributed by atoms with van der Waals surface area (Å²) in [5.41, 5.74) is 7.13. The molecule has 0 fully saturated rings. The van der Waals surface area contributed by atoms with E-state index in [-0.39, 0.29) is 0 Å². The van der Waals surface area contributed by atoms with Crippen LogP contribution in [0.15, 0.2) is 36.5 Å². The van der Waals surface area contributed by atoms with Crippen molar-refractivity contribution in [3.05, 3.63) is 52.1 Å². The Kier molecular flexibility index (Phi) is 3.71. The summed E-state index contributed by atoms with van der Waals surface area (Å²) >= 11 is 11.5. The molecule has 17 heavy (non-hydrogen) atoms. The number of nitrogen functional groups attached to an aromatic ring is 1. The first kappa shape index (κ1) is 12.0. The van der Waals surface area contributed by atoms with Crippen LogP contribution in [0.5, 0.6) is 5.88 Å². The lowest BCUT2D eigenvalue weighted by Gasteiger charge is -2.07. The van der Waals surface area contributed by atoms with Crippen molar-refractivity contribution in [2.24, 2.45) is 0 Å². The molecular weight excluding hydrogens is 259 g/mol. The molecule has 2 aromatic rings. The van der Waals surface area contributed by atoms with Gasteiger partial charge in [0, 0.05) is 11.2 Å². The second-order valence-electron chi connectivity index (χ2n) is 3.46. The Balaban J connectivity index is 2.04. The number of hydrogen-bond donors (Lipinski definition) is 1. The molecule has 0 spiro atoms. The number of anilines is 1. The Hall–Kier alpha value is -1.45. The van der Waals surface area contributed by atoms with E-state index in [0.717, 1.165) is 5.56 Å². The molecule has 5 heteroatoms. The van der Waals surface area contributed by atoms with Gasteiger partial charge in [-0.25, -0.2) is 4.98 Å². The first-order valence-electron chi connectivity index (χ1n) is 4.93. The van der Waals surface area contributed by atoms with Crippen molar-refractivity contribution < 1.29 is 4.74 Å². The van der Waals surface area contributed by atoms with E-state index < -0.39 is 0 Å². The number of halogens is 2. The van der Waals surface area contributed by atoms with Gasteiger partial charge in [-0.05, 0) is 23.8 Å². The maximum Gasteiger partial charge on any atom is 0.237 e. The van der Waals surface area contributed by atoms with Crippen LogP contribution in [0, 0.1) is 0 Å². The lowest BCUT2D eigenvalue weighted by Crippen LogP contribution is -2.00. The van der Waals surface area contributed by atoms with Crippen LogP contribution in [0.1, 0.15) is 5.56 Å². The standard InChI is InChI=1S/C12H10Cl2N2O/c13-9-3-1-8(2-4-9)7-17-12-11(15)5-10(14)6-16-12/h1-6H,7,15H2. The summed E-state index contributed by atoms with van der Waals surface area (Å²) < 4.78 is 5.48. The Bertz CT molecular complexity index is 514. The van der Waals surface area contributed by atoms with E-state index in [1.807, 2.05) is 12.1 Å². The summed E-state index contributed by atoms with van der Waals surface area (Å²) in [4.78, 5) is 4.01. The Morgan fingerprint density at radius 1 is 1.12 bits per heavy atom. The molecule has 1 aromatic heterocycles. The lowest BCUT2D eigenvalue weighted by molar-refractivity contribution is 0.296. The summed E-state index contributed by atoms with van der Waals surface area (Å²) in [6.45, 7) is 0.385. The SMILES string of the molecule is Nc1cc(Cl)cnc1OCc1ccc(Cl)cc1. The third-order valence-corrected chi connectivity index (χ3v) is 2.59. The van der Waals surface area contributed by atoms with Gasteiger partial charge in [-0.3, -0.25) is 0 Å². The van der Waals surface area contributed by atoms with E-state index in [4.69, 9.17) is 33.7 Å². The van der Waals surface area contributed by atoms with E-state index in [2.05, 4.69) is 4.98 Å². The highest BCUT2D eigenvalue weighted by atomic mass is 35.5. The topological polar surface area (TPSA) is 48.1 Å². The smallest absolute Gasteiger partial charge is 0.237 e. The Morgan fingerprint density at radius 3 is 2.47 bits per heavy atom. The summed E-state index contributed by atoms with van der Waals surface area (Å²) in [6.07, 6.45) is 1.50. The summed E-state index contributed by atoms with van der Waals surface area (Å²) in [5.74, 6) is 0.379. The van der Waals surface area contributed by atoms with Crippen LogP contribution in [0.25, 0.3) is 0 Å². The minimum Gasteiger partial charge on any atom is -0.471 e. The minimum atomic E-state index is 0.379. The van der Waals surface area contributed by atoms with Crippen molar-refractivity contribution in [3.8, 4) is 5.88 Å². The molecule has 0 radical (unpaired) electrons. The fourth-order valence-electron chi connectivity index (χ4n) is 1.30. The zero-order chi connectivity index (χ0) is 12.3. The highest BCUT2D eigenvalue weighted by molar-refractivity contribution is 6.30. The lowest BCUT2D eigenvalue weighted by atomic mass is 10.2. The largest absolute Gasteiger partial charge is 0.471 e. The van der Waals surface area contributed by atoms with Crippen LogP contribution in [0.4, 0.5) is 5.69 Å². The third kappa shape index (κ3) is 3.25. The van der Waals surface area contributed by atoms with Crippen molar-refractivity contribution >= 4 is 28.9 Å². The minimum absolute atomic E-state index is 0.379. The molecule has 3 nitrogen and oxygen atoms in total. The van der Waals surface area contributed by atoms with Crippen LogP contribution in [0.3, 0.4) is 0 Å². The second-order valence-corrected chi connectivity index (χ2v) is 4.34. The molecule has 1 heterocycles. The second kappa shape index (κ2) is 5.25. The van der Waals surface area contributed by atoms with Gasteiger partial charge >= 0.3 is 0 Å². The van der Waals surface area contributed by atoms with E-state index in [1.54, 1.807) is 18.2 Å². The molecule has 2 rings (SSSR count). The zero-order valence-corrected chi connectivity index (χ0v) is 10.4. The van der Waals surface area contributed by atoms with Gasteiger partial charge in [0.2, 0.25) is 5.88 Å². The fraction of sp³-hybridized carbons (Fsp3) is 0.0833. The molecule has 2 N–H and O–H groups in total. The Labute approximate surface area is 109 Å². The highest BCUT2D eigenvalue weighted by Crippen LogP contribution is 2.22. The number of benzene rings is 1. The average Bonchev–Trinajstić information content (AvgIpc) is 2.30. The number of hydrogen-bond acceptors (Lipinski definition) is 3. The maximum atomic E-state index is 5.78. The summed E-state index contributed by atoms with van der Waals surface area (Å²) in [6, 6.07) is 8.98. The van der Waals surface area contributed by atoms with Gasteiger partial charge < -0.3 is 10.5 Å². The predicted molar refractivity (Wildman–Crippen MR) is 69.4 cm³/mol. The first-order valence-corrected chi connectivity index (χ1v) is 5.69. The molecule has 0 saturated heterocycles. The molecule has 0 bridgehead atoms. The van der Waals surface area contributed by atoms with E-state index >= 15 is 0 Å². The van der Waals surface area contributed by atoms with Gasteiger partial charge in [0.05, 0.1) is 10.7 Å². The summed E-state index contributed by atoms with van der Waals surface area (Å²) in [5, 5.41) is 1.18. The summed E-state index contributed by atoms with van der Waals surface area (Å²) in [7, 11) is 0. The maximum absolute atomic E-state index is 5.78. The average molecular weight is 269 g/mol. The van der Waals surface area contributed by atoms with Gasteiger partial charge in [0.15, 0.2) is 0 Å². The van der Waals surface area contributed by atoms with Gasteiger partial charge in [-0.2, -0.15) is 0 Å². The number of aromatic nitrogens is 1. The van der Waals surface area contributed by atoms with E-state index in [0.29, 0.717) is 28.2 Å². The molecule has 0 aliphatic heterocycles. The van der Waals surface area contributed by atoms with Crippen LogP contribution < -0.4 is 10.5 Å². The van der Waals surface area contributed by atoms with Crippen molar-refractivity contribution in [3.63, 3.8) is 0 Å². The fourth-order valence-corrected chi connectivity index (χ4v) is 1.59. The van der Waals surface area contributed by atoms with E-state index in [1.165, 1.54) is 6.20 Å². The number of pyridine rings is 1. The highest BCUT2D eigenvalue weighted by Gasteiger charge is 2.03. The van der Waals surface area contributed by atoms with Crippen molar-refractivity contribution in [1.29, 1.82) is 0 Å². The molecule has 0 aliphatic rings. The molecule has 88 valence electrons. The molecule has 0 unspecified atom stereocenters. The van der Waals surface area contributed by atoms with Crippen molar-refractivity contribution in [2.75, 3.05) is 5.73 Å². The number of ether oxygens (including phenoxy) is 1. The molecule has 0 amide bonds. The quantitative estimate of drug-likeness (QED) is 0.926. The normalized spacial score (nSPS) is 10.2.